The van der Waals surface area contributed by atoms with E-state index in [2.05, 4.69) is 22.8 Å². The van der Waals surface area contributed by atoms with Crippen molar-refractivity contribution in [2.45, 2.75) is 45.1 Å². The quantitative estimate of drug-likeness (QED) is 0.171. The lowest BCUT2D eigenvalue weighted by atomic mass is 9.94. The number of carbonyl (C=O) groups is 1. The number of methoxy groups -OCH3 is 1. The standard InChI is InChI=1S/C38H34FN3O3/c1-3-45-38(43)27-13-20-36-35(22-27)41-37(42(36)29-7-5-4-6-8-29)26-12-18-33-25(21-26)11-19-34(40-33)32-23-30(44-2)16-17-31(32)24-9-14-28(39)15-10-24/h9-23,29H,3-8H2,1-2H3. The minimum Gasteiger partial charge on any atom is -0.497 e. The fraction of sp³-hybridized carbons (Fsp3) is 0.237. The summed E-state index contributed by atoms with van der Waals surface area (Å²) < 4.78 is 26.8. The van der Waals surface area contributed by atoms with Gasteiger partial charge >= 0.3 is 5.97 Å². The fourth-order valence-electron chi connectivity index (χ4n) is 6.51. The molecule has 1 saturated carbocycles. The van der Waals surface area contributed by atoms with Crippen molar-refractivity contribution in [2.24, 2.45) is 0 Å². The Balaban J connectivity index is 1.32. The van der Waals surface area contributed by atoms with Gasteiger partial charge in [0.1, 0.15) is 17.4 Å². The number of esters is 1. The first-order chi connectivity index (χ1) is 22.0. The average molecular weight is 600 g/mol. The highest BCUT2D eigenvalue weighted by atomic mass is 19.1. The topological polar surface area (TPSA) is 66.2 Å². The molecule has 6 aromatic rings. The van der Waals surface area contributed by atoms with Crippen molar-refractivity contribution < 1.29 is 18.7 Å². The summed E-state index contributed by atoms with van der Waals surface area (Å²) in [4.78, 5) is 22.6. The predicted molar refractivity (Wildman–Crippen MR) is 176 cm³/mol. The molecule has 0 N–H and O–H groups in total. The van der Waals surface area contributed by atoms with Crippen LogP contribution in [0.25, 0.3) is 55.7 Å². The maximum atomic E-state index is 13.7. The van der Waals surface area contributed by atoms with E-state index in [0.29, 0.717) is 18.2 Å². The molecular formula is C38H34FN3O3. The molecule has 1 fully saturated rings. The van der Waals surface area contributed by atoms with Crippen LogP contribution in [0.5, 0.6) is 5.75 Å². The summed E-state index contributed by atoms with van der Waals surface area (Å²) in [5, 5.41) is 0.997. The van der Waals surface area contributed by atoms with Crippen molar-refractivity contribution in [3.05, 3.63) is 102 Å². The Morgan fingerprint density at radius 2 is 1.62 bits per heavy atom. The van der Waals surface area contributed by atoms with Gasteiger partial charge in [-0.25, -0.2) is 19.2 Å². The summed E-state index contributed by atoms with van der Waals surface area (Å²) in [6, 6.07) is 28.8. The number of fused-ring (bicyclic) bond motifs is 2. The number of nitrogens with zero attached hydrogens (tertiary/aromatic N) is 3. The fourth-order valence-corrected chi connectivity index (χ4v) is 6.51. The number of hydrogen-bond acceptors (Lipinski definition) is 5. The molecule has 0 bridgehead atoms. The number of aromatic nitrogens is 3. The zero-order valence-electron chi connectivity index (χ0n) is 25.4. The summed E-state index contributed by atoms with van der Waals surface area (Å²) in [7, 11) is 1.64. The second-order valence-corrected chi connectivity index (χ2v) is 11.5. The largest absolute Gasteiger partial charge is 0.497 e. The third-order valence-corrected chi connectivity index (χ3v) is 8.75. The molecule has 226 valence electrons. The third kappa shape index (κ3) is 5.55. The molecule has 0 radical (unpaired) electrons. The number of hydrogen-bond donors (Lipinski definition) is 0. The van der Waals surface area contributed by atoms with Crippen molar-refractivity contribution >= 4 is 27.9 Å². The van der Waals surface area contributed by atoms with E-state index in [0.717, 1.165) is 74.3 Å². The molecule has 7 heteroatoms. The van der Waals surface area contributed by atoms with Crippen molar-refractivity contribution in [1.82, 2.24) is 14.5 Å². The minimum atomic E-state index is -0.334. The molecule has 0 amide bonds. The van der Waals surface area contributed by atoms with Gasteiger partial charge in [-0.1, -0.05) is 43.5 Å². The third-order valence-electron chi connectivity index (χ3n) is 8.75. The van der Waals surface area contributed by atoms with Crippen LogP contribution in [-0.2, 0) is 4.74 Å². The smallest absolute Gasteiger partial charge is 0.338 e. The lowest BCUT2D eigenvalue weighted by molar-refractivity contribution is 0.0526. The number of benzene rings is 4. The Hall–Kier alpha value is -5.04. The summed E-state index contributed by atoms with van der Waals surface area (Å²) in [5.41, 5.74) is 7.75. The molecule has 6 nitrogen and oxygen atoms in total. The summed E-state index contributed by atoms with van der Waals surface area (Å²) in [6.45, 7) is 2.14. The minimum absolute atomic E-state index is 0.273. The van der Waals surface area contributed by atoms with E-state index in [1.165, 1.54) is 31.4 Å². The Labute approximate surface area is 261 Å². The molecule has 0 spiro atoms. The number of ether oxygens (including phenoxy) is 2. The first-order valence-electron chi connectivity index (χ1n) is 15.6. The van der Waals surface area contributed by atoms with E-state index in [1.54, 1.807) is 19.2 Å². The molecule has 1 aliphatic rings. The molecule has 0 atom stereocenters. The van der Waals surface area contributed by atoms with Crippen LogP contribution in [0.15, 0.2) is 91.0 Å². The van der Waals surface area contributed by atoms with E-state index < -0.39 is 0 Å². The van der Waals surface area contributed by atoms with Gasteiger partial charge in [0.05, 0.1) is 41.5 Å². The van der Waals surface area contributed by atoms with Gasteiger partial charge in [0, 0.05) is 22.6 Å². The average Bonchev–Trinajstić information content (AvgIpc) is 3.47. The van der Waals surface area contributed by atoms with E-state index in [-0.39, 0.29) is 11.8 Å². The SMILES string of the molecule is CCOC(=O)c1ccc2c(c1)nc(-c1ccc3nc(-c4cc(OC)ccc4-c4ccc(F)cc4)ccc3c1)n2C1CCCCC1. The Morgan fingerprint density at radius 3 is 2.40 bits per heavy atom. The molecule has 4 aromatic carbocycles. The van der Waals surface area contributed by atoms with Gasteiger partial charge < -0.3 is 14.0 Å². The van der Waals surface area contributed by atoms with E-state index in [9.17, 15) is 9.18 Å². The van der Waals surface area contributed by atoms with Crippen LogP contribution in [0, 0.1) is 5.82 Å². The van der Waals surface area contributed by atoms with Gasteiger partial charge in [-0.2, -0.15) is 0 Å². The molecule has 2 aromatic heterocycles. The van der Waals surface area contributed by atoms with Crippen molar-refractivity contribution in [2.75, 3.05) is 13.7 Å². The highest BCUT2D eigenvalue weighted by Crippen LogP contribution is 2.38. The summed E-state index contributed by atoms with van der Waals surface area (Å²) in [5.74, 6) is 1.01. The van der Waals surface area contributed by atoms with Gasteiger partial charge in [-0.15, -0.1) is 0 Å². The maximum absolute atomic E-state index is 13.7. The predicted octanol–water partition coefficient (Wildman–Crippen LogP) is 9.42. The normalized spacial score (nSPS) is 13.8. The van der Waals surface area contributed by atoms with Crippen LogP contribution in [0.1, 0.15) is 55.4 Å². The van der Waals surface area contributed by atoms with E-state index in [4.69, 9.17) is 19.4 Å². The van der Waals surface area contributed by atoms with E-state index >= 15 is 0 Å². The highest BCUT2D eigenvalue weighted by Gasteiger charge is 2.23. The van der Waals surface area contributed by atoms with Gasteiger partial charge in [0.25, 0.3) is 0 Å². The Bertz CT molecular complexity index is 2030. The second kappa shape index (κ2) is 12.2. The molecule has 7 rings (SSSR count). The van der Waals surface area contributed by atoms with Gasteiger partial charge in [-0.05, 0) is 97.6 Å². The zero-order chi connectivity index (χ0) is 30.9. The second-order valence-electron chi connectivity index (χ2n) is 11.5. The van der Waals surface area contributed by atoms with Crippen LogP contribution in [-0.4, -0.2) is 34.2 Å². The molecule has 1 aliphatic carbocycles. The lowest BCUT2D eigenvalue weighted by Crippen LogP contribution is -2.14. The highest BCUT2D eigenvalue weighted by molar-refractivity contribution is 5.95. The molecule has 45 heavy (non-hydrogen) atoms. The van der Waals surface area contributed by atoms with Crippen molar-refractivity contribution in [3.8, 4) is 39.5 Å². The summed E-state index contributed by atoms with van der Waals surface area (Å²) >= 11 is 0. The number of carbonyl (C=O) groups excluding carboxylic acids is 1. The first kappa shape index (κ1) is 28.7. The number of rotatable bonds is 7. The zero-order valence-corrected chi connectivity index (χ0v) is 25.4. The van der Waals surface area contributed by atoms with Crippen molar-refractivity contribution in [1.29, 1.82) is 0 Å². The van der Waals surface area contributed by atoms with Crippen LogP contribution >= 0.6 is 0 Å². The molecule has 0 unspecified atom stereocenters. The van der Waals surface area contributed by atoms with Crippen LogP contribution in [0.2, 0.25) is 0 Å². The van der Waals surface area contributed by atoms with Gasteiger partial charge in [0.2, 0.25) is 0 Å². The summed E-state index contributed by atoms with van der Waals surface area (Å²) in [6.07, 6.45) is 5.85. The molecule has 0 aliphatic heterocycles. The number of imidazole rings is 1. The Morgan fingerprint density at radius 1 is 0.822 bits per heavy atom. The van der Waals surface area contributed by atoms with Crippen molar-refractivity contribution in [3.63, 3.8) is 0 Å². The first-order valence-corrected chi connectivity index (χ1v) is 15.6. The van der Waals surface area contributed by atoms with Crippen LogP contribution in [0.3, 0.4) is 0 Å². The maximum Gasteiger partial charge on any atom is 0.338 e. The lowest BCUT2D eigenvalue weighted by Gasteiger charge is -2.25. The number of halogens is 1. The molecule has 2 heterocycles. The molecule has 0 saturated heterocycles. The van der Waals surface area contributed by atoms with Gasteiger partial charge in [-0.3, -0.25) is 0 Å². The molecular weight excluding hydrogens is 565 g/mol. The van der Waals surface area contributed by atoms with E-state index in [1.807, 2.05) is 55.5 Å². The Kier molecular flexibility index (Phi) is 7.76. The number of pyridine rings is 1. The van der Waals surface area contributed by atoms with Crippen LogP contribution in [0.4, 0.5) is 4.39 Å². The monoisotopic (exact) mass is 599 g/mol. The van der Waals surface area contributed by atoms with Gasteiger partial charge in [0.15, 0.2) is 0 Å². The van der Waals surface area contributed by atoms with Crippen LogP contribution < -0.4 is 4.74 Å².